The van der Waals surface area contributed by atoms with E-state index in [1.165, 1.54) is 25.7 Å². The largest absolute Gasteiger partial charge is 0.469 e. The number of aryl methyl sites for hydroxylation is 1. The Hall–Kier alpha value is -1.25. The number of fused-ring (bicyclic) bond motifs is 2. The normalized spacial score (nSPS) is 30.5. The first-order valence-electron chi connectivity index (χ1n) is 7.54. The van der Waals surface area contributed by atoms with E-state index < -0.39 is 0 Å². The van der Waals surface area contributed by atoms with Crippen LogP contribution in [-0.2, 0) is 11.2 Å². The maximum absolute atomic E-state index is 12.0. The van der Waals surface area contributed by atoms with Crippen LogP contribution in [0.25, 0.3) is 0 Å². The molecule has 0 radical (unpaired) electrons. The second kappa shape index (κ2) is 5.40. The molecule has 2 aliphatic rings. The van der Waals surface area contributed by atoms with Crippen molar-refractivity contribution < 1.29 is 9.21 Å². The number of hydrogen-bond acceptors (Lipinski definition) is 2. The molecule has 1 heterocycles. The number of rotatable bonds is 5. The molecule has 3 heteroatoms. The van der Waals surface area contributed by atoms with Gasteiger partial charge in [0.1, 0.15) is 5.76 Å². The lowest BCUT2D eigenvalue weighted by molar-refractivity contribution is -0.122. The molecule has 1 N–H and O–H groups in total. The van der Waals surface area contributed by atoms with Gasteiger partial charge in [-0.2, -0.15) is 0 Å². The Morgan fingerprint density at radius 1 is 1.47 bits per heavy atom. The smallest absolute Gasteiger partial charge is 0.220 e. The highest BCUT2D eigenvalue weighted by Crippen LogP contribution is 2.49. The molecule has 0 saturated heterocycles. The van der Waals surface area contributed by atoms with Gasteiger partial charge < -0.3 is 9.73 Å². The molecule has 1 aromatic heterocycles. The van der Waals surface area contributed by atoms with Gasteiger partial charge in [0.15, 0.2) is 0 Å². The van der Waals surface area contributed by atoms with Crippen LogP contribution in [0.5, 0.6) is 0 Å². The van der Waals surface area contributed by atoms with Gasteiger partial charge in [-0.1, -0.05) is 6.42 Å². The average Bonchev–Trinajstić information content (AvgIpc) is 3.13. The third-order valence-corrected chi connectivity index (χ3v) is 5.00. The average molecular weight is 261 g/mol. The predicted molar refractivity (Wildman–Crippen MR) is 73.6 cm³/mol. The maximum atomic E-state index is 12.0. The number of carbonyl (C=O) groups is 1. The third kappa shape index (κ3) is 2.85. The van der Waals surface area contributed by atoms with E-state index >= 15 is 0 Å². The Morgan fingerprint density at radius 2 is 2.37 bits per heavy atom. The highest BCUT2D eigenvalue weighted by atomic mass is 16.3. The number of hydrogen-bond donors (Lipinski definition) is 1. The summed E-state index contributed by atoms with van der Waals surface area (Å²) < 4.78 is 5.25. The highest BCUT2D eigenvalue weighted by molar-refractivity contribution is 5.76. The van der Waals surface area contributed by atoms with Gasteiger partial charge >= 0.3 is 0 Å². The SMILES string of the molecule is CC(NC(=O)CCc1ccco1)C1CC2CCC1C2. The van der Waals surface area contributed by atoms with Gasteiger partial charge in [0.2, 0.25) is 5.91 Å². The fourth-order valence-corrected chi connectivity index (χ4v) is 4.03. The van der Waals surface area contributed by atoms with Crippen molar-refractivity contribution >= 4 is 5.91 Å². The van der Waals surface area contributed by atoms with Crippen molar-refractivity contribution in [1.82, 2.24) is 5.32 Å². The van der Waals surface area contributed by atoms with Crippen molar-refractivity contribution in [1.29, 1.82) is 0 Å². The molecule has 4 atom stereocenters. The van der Waals surface area contributed by atoms with Gasteiger partial charge in [-0.15, -0.1) is 0 Å². The summed E-state index contributed by atoms with van der Waals surface area (Å²) in [5.41, 5.74) is 0. The lowest BCUT2D eigenvalue weighted by Gasteiger charge is -2.28. The van der Waals surface area contributed by atoms with Gasteiger partial charge in [0, 0.05) is 18.9 Å². The first kappa shape index (κ1) is 12.8. The summed E-state index contributed by atoms with van der Waals surface area (Å²) in [7, 11) is 0. The molecule has 19 heavy (non-hydrogen) atoms. The van der Waals surface area contributed by atoms with E-state index in [1.807, 2.05) is 12.1 Å². The van der Waals surface area contributed by atoms with Crippen LogP contribution in [0.1, 0.15) is 44.8 Å². The number of amides is 1. The monoisotopic (exact) mass is 261 g/mol. The molecule has 2 saturated carbocycles. The topological polar surface area (TPSA) is 42.2 Å². The van der Waals surface area contributed by atoms with Crippen LogP contribution in [0.2, 0.25) is 0 Å². The van der Waals surface area contributed by atoms with E-state index in [0.29, 0.717) is 24.8 Å². The molecule has 0 spiro atoms. The highest BCUT2D eigenvalue weighted by Gasteiger charge is 2.41. The van der Waals surface area contributed by atoms with Crippen LogP contribution in [0.4, 0.5) is 0 Å². The van der Waals surface area contributed by atoms with Crippen LogP contribution < -0.4 is 5.32 Å². The minimum atomic E-state index is 0.159. The summed E-state index contributed by atoms with van der Waals surface area (Å²) in [4.78, 5) is 12.0. The van der Waals surface area contributed by atoms with Crippen molar-refractivity contribution in [3.8, 4) is 0 Å². The summed E-state index contributed by atoms with van der Waals surface area (Å²) in [6.45, 7) is 2.18. The van der Waals surface area contributed by atoms with Crippen LogP contribution in [0.15, 0.2) is 22.8 Å². The lowest BCUT2D eigenvalue weighted by Crippen LogP contribution is -2.40. The number of carbonyl (C=O) groups excluding carboxylic acids is 1. The minimum Gasteiger partial charge on any atom is -0.469 e. The fraction of sp³-hybridized carbons (Fsp3) is 0.688. The van der Waals surface area contributed by atoms with Crippen molar-refractivity contribution in [3.63, 3.8) is 0 Å². The Bertz CT molecular complexity index is 426. The molecule has 104 valence electrons. The standard InChI is InChI=1S/C16H23NO2/c1-11(15-10-12-4-5-13(15)9-12)17-16(18)7-6-14-3-2-8-19-14/h2-3,8,11-13,15H,4-7,9-10H2,1H3,(H,17,18). The van der Waals surface area contributed by atoms with Gasteiger partial charge in [-0.05, 0) is 56.1 Å². The first-order chi connectivity index (χ1) is 9.22. The van der Waals surface area contributed by atoms with Gasteiger partial charge in [0.05, 0.1) is 6.26 Å². The molecular formula is C16H23NO2. The van der Waals surface area contributed by atoms with Crippen molar-refractivity contribution in [2.24, 2.45) is 17.8 Å². The van der Waals surface area contributed by atoms with Crippen LogP contribution in [0, 0.1) is 17.8 Å². The van der Waals surface area contributed by atoms with E-state index in [9.17, 15) is 4.79 Å². The maximum Gasteiger partial charge on any atom is 0.220 e. The summed E-state index contributed by atoms with van der Waals surface area (Å²) in [5.74, 6) is 3.57. The zero-order valence-electron chi connectivity index (χ0n) is 11.6. The Balaban J connectivity index is 1.44. The quantitative estimate of drug-likeness (QED) is 0.884. The van der Waals surface area contributed by atoms with Gasteiger partial charge in [-0.25, -0.2) is 0 Å². The molecule has 1 amide bonds. The van der Waals surface area contributed by atoms with Gasteiger partial charge in [-0.3, -0.25) is 4.79 Å². The zero-order valence-corrected chi connectivity index (χ0v) is 11.6. The number of furan rings is 1. The van der Waals surface area contributed by atoms with E-state index in [2.05, 4.69) is 12.2 Å². The summed E-state index contributed by atoms with van der Waals surface area (Å²) >= 11 is 0. The Kier molecular flexibility index (Phi) is 3.63. The van der Waals surface area contributed by atoms with E-state index in [1.54, 1.807) is 6.26 Å². The molecule has 2 bridgehead atoms. The molecule has 0 aromatic carbocycles. The summed E-state index contributed by atoms with van der Waals surface area (Å²) in [5, 5.41) is 3.19. The second-order valence-electron chi connectivity index (χ2n) is 6.27. The zero-order chi connectivity index (χ0) is 13.2. The van der Waals surface area contributed by atoms with Crippen LogP contribution in [0.3, 0.4) is 0 Å². The Morgan fingerprint density at radius 3 is 3.00 bits per heavy atom. The van der Waals surface area contributed by atoms with E-state index in [4.69, 9.17) is 4.42 Å². The minimum absolute atomic E-state index is 0.159. The number of nitrogens with one attached hydrogen (secondary N) is 1. The molecule has 3 rings (SSSR count). The Labute approximate surface area is 114 Å². The molecule has 2 fully saturated rings. The molecule has 1 aromatic rings. The molecule has 0 aliphatic heterocycles. The van der Waals surface area contributed by atoms with Crippen LogP contribution in [-0.4, -0.2) is 11.9 Å². The molecule has 2 aliphatic carbocycles. The van der Waals surface area contributed by atoms with Crippen molar-refractivity contribution in [3.05, 3.63) is 24.2 Å². The predicted octanol–water partition coefficient (Wildman–Crippen LogP) is 3.15. The molecule has 3 nitrogen and oxygen atoms in total. The van der Waals surface area contributed by atoms with Crippen LogP contribution >= 0.6 is 0 Å². The molecule has 4 unspecified atom stereocenters. The van der Waals surface area contributed by atoms with Crippen molar-refractivity contribution in [2.75, 3.05) is 0 Å². The van der Waals surface area contributed by atoms with E-state index in [0.717, 1.165) is 17.6 Å². The second-order valence-corrected chi connectivity index (χ2v) is 6.27. The molecular weight excluding hydrogens is 238 g/mol. The first-order valence-corrected chi connectivity index (χ1v) is 7.54. The summed E-state index contributed by atoms with van der Waals surface area (Å²) in [6, 6.07) is 4.12. The van der Waals surface area contributed by atoms with Gasteiger partial charge in [0.25, 0.3) is 0 Å². The summed E-state index contributed by atoms with van der Waals surface area (Å²) in [6.07, 6.45) is 8.40. The van der Waals surface area contributed by atoms with Crippen molar-refractivity contribution in [2.45, 2.75) is 51.5 Å². The fourth-order valence-electron chi connectivity index (χ4n) is 4.03. The third-order valence-electron chi connectivity index (χ3n) is 5.00. The lowest BCUT2D eigenvalue weighted by atomic mass is 9.84. The van der Waals surface area contributed by atoms with E-state index in [-0.39, 0.29) is 5.91 Å².